The first-order valence-corrected chi connectivity index (χ1v) is 8.83. The van der Waals surface area contributed by atoms with Gasteiger partial charge in [0.2, 0.25) is 10.0 Å². The van der Waals surface area contributed by atoms with Gasteiger partial charge >= 0.3 is 0 Å². The molecule has 1 saturated heterocycles. The smallest absolute Gasteiger partial charge is 0.287 e. The molecule has 22 heavy (non-hydrogen) atoms. The lowest BCUT2D eigenvalue weighted by Gasteiger charge is -2.31. The molecule has 2 fully saturated rings. The van der Waals surface area contributed by atoms with Crippen molar-refractivity contribution in [3.8, 4) is 0 Å². The summed E-state index contributed by atoms with van der Waals surface area (Å²) in [5.41, 5.74) is -0.0455. The Labute approximate surface area is 128 Å². The minimum Gasteiger partial charge on any atom is -0.367 e. The Balaban J connectivity index is 1.54. The zero-order valence-electron chi connectivity index (χ0n) is 12.0. The fourth-order valence-electron chi connectivity index (χ4n) is 2.62. The van der Waals surface area contributed by atoms with E-state index in [0.717, 1.165) is 12.8 Å². The Morgan fingerprint density at radius 1 is 1.23 bits per heavy atom. The third kappa shape index (κ3) is 3.20. The van der Waals surface area contributed by atoms with Gasteiger partial charge in [0.15, 0.2) is 0 Å². The van der Waals surface area contributed by atoms with Gasteiger partial charge < -0.3 is 5.32 Å². The quantitative estimate of drug-likeness (QED) is 0.647. The molecule has 9 heteroatoms. The molecule has 0 bridgehead atoms. The number of nitro groups is 1. The zero-order chi connectivity index (χ0) is 15.7. The minimum atomic E-state index is -3.09. The molecule has 1 aromatic heterocycles. The summed E-state index contributed by atoms with van der Waals surface area (Å²) in [5.74, 6) is 0.578. The average molecular weight is 326 g/mol. The molecule has 1 aliphatic carbocycles. The van der Waals surface area contributed by atoms with E-state index in [0.29, 0.717) is 31.7 Å². The predicted molar refractivity (Wildman–Crippen MR) is 81.1 cm³/mol. The molecule has 2 aliphatic rings. The van der Waals surface area contributed by atoms with Gasteiger partial charge in [0.1, 0.15) is 12.0 Å². The normalized spacial score (nSPS) is 20.7. The number of nitrogens with zero attached hydrogens (tertiary/aromatic N) is 3. The molecule has 1 aromatic rings. The van der Waals surface area contributed by atoms with Crippen molar-refractivity contribution in [2.75, 3.05) is 18.4 Å². The van der Waals surface area contributed by atoms with Gasteiger partial charge in [0.25, 0.3) is 5.69 Å². The molecule has 0 unspecified atom stereocenters. The lowest BCUT2D eigenvalue weighted by atomic mass is 10.1. The molecule has 120 valence electrons. The van der Waals surface area contributed by atoms with E-state index in [-0.39, 0.29) is 17.0 Å². The van der Waals surface area contributed by atoms with Gasteiger partial charge in [-0.15, -0.1) is 0 Å². The van der Waals surface area contributed by atoms with E-state index in [4.69, 9.17) is 0 Å². The van der Waals surface area contributed by atoms with E-state index in [1.165, 1.54) is 12.3 Å². The second-order valence-corrected chi connectivity index (χ2v) is 7.93. The summed E-state index contributed by atoms with van der Waals surface area (Å²) >= 11 is 0. The lowest BCUT2D eigenvalue weighted by Crippen LogP contribution is -2.43. The Morgan fingerprint density at radius 2 is 1.91 bits per heavy atom. The molecule has 2 heterocycles. The summed E-state index contributed by atoms with van der Waals surface area (Å²) in [6.07, 6.45) is 4.21. The third-order valence-electron chi connectivity index (χ3n) is 4.07. The van der Waals surface area contributed by atoms with Gasteiger partial charge in [-0.1, -0.05) is 0 Å². The Bertz CT molecular complexity index is 649. The van der Waals surface area contributed by atoms with Crippen molar-refractivity contribution in [3.05, 3.63) is 28.4 Å². The van der Waals surface area contributed by atoms with Crippen LogP contribution in [-0.2, 0) is 10.0 Å². The number of nitrogens with one attached hydrogen (secondary N) is 1. The predicted octanol–water partition coefficient (Wildman–Crippen LogP) is 1.36. The van der Waals surface area contributed by atoms with Crippen molar-refractivity contribution in [2.45, 2.75) is 37.0 Å². The van der Waals surface area contributed by atoms with Crippen LogP contribution in [0.1, 0.15) is 25.7 Å². The number of hydrogen-bond donors (Lipinski definition) is 1. The zero-order valence-corrected chi connectivity index (χ0v) is 12.8. The molecule has 0 atom stereocenters. The number of sulfonamides is 1. The Kier molecular flexibility index (Phi) is 4.00. The number of piperidine rings is 1. The Morgan fingerprint density at radius 3 is 2.41 bits per heavy atom. The summed E-state index contributed by atoms with van der Waals surface area (Å²) in [6.45, 7) is 1.03. The second kappa shape index (κ2) is 5.81. The van der Waals surface area contributed by atoms with Gasteiger partial charge in [-0.25, -0.2) is 17.7 Å². The van der Waals surface area contributed by atoms with Gasteiger partial charge in [-0.05, 0) is 31.7 Å². The van der Waals surface area contributed by atoms with Crippen LogP contribution in [0.5, 0.6) is 0 Å². The summed E-state index contributed by atoms with van der Waals surface area (Å²) < 4.78 is 25.9. The molecule has 1 N–H and O–H groups in total. The molecule has 0 spiro atoms. The van der Waals surface area contributed by atoms with Crippen LogP contribution < -0.4 is 5.32 Å². The SMILES string of the molecule is O=[N+]([O-])c1ccc(NC2CCN(S(=O)(=O)C3CC3)CC2)nc1. The van der Waals surface area contributed by atoms with E-state index in [2.05, 4.69) is 10.3 Å². The average Bonchev–Trinajstić information content (AvgIpc) is 3.33. The van der Waals surface area contributed by atoms with Crippen molar-refractivity contribution in [1.82, 2.24) is 9.29 Å². The lowest BCUT2D eigenvalue weighted by molar-refractivity contribution is -0.385. The fraction of sp³-hybridized carbons (Fsp3) is 0.615. The highest BCUT2D eigenvalue weighted by atomic mass is 32.2. The van der Waals surface area contributed by atoms with Crippen LogP contribution in [0.15, 0.2) is 18.3 Å². The molecule has 0 aromatic carbocycles. The fourth-order valence-corrected chi connectivity index (χ4v) is 4.49. The number of aromatic nitrogens is 1. The maximum atomic E-state index is 12.1. The first-order valence-electron chi connectivity index (χ1n) is 7.33. The highest BCUT2D eigenvalue weighted by Gasteiger charge is 2.41. The van der Waals surface area contributed by atoms with E-state index >= 15 is 0 Å². The number of hydrogen-bond acceptors (Lipinski definition) is 6. The topological polar surface area (TPSA) is 105 Å². The first-order chi connectivity index (χ1) is 10.5. The highest BCUT2D eigenvalue weighted by molar-refractivity contribution is 7.90. The van der Waals surface area contributed by atoms with Gasteiger partial charge in [-0.3, -0.25) is 10.1 Å². The molecule has 1 saturated carbocycles. The van der Waals surface area contributed by atoms with Crippen LogP contribution in [0.3, 0.4) is 0 Å². The van der Waals surface area contributed by atoms with Crippen molar-refractivity contribution in [2.24, 2.45) is 0 Å². The minimum absolute atomic E-state index is 0.0455. The number of pyridine rings is 1. The summed E-state index contributed by atoms with van der Waals surface area (Å²) in [4.78, 5) is 14.1. The molecule has 0 amide bonds. The number of rotatable bonds is 5. The van der Waals surface area contributed by atoms with Gasteiger partial charge in [0, 0.05) is 25.2 Å². The molecule has 8 nitrogen and oxygen atoms in total. The number of anilines is 1. The first kappa shape index (κ1) is 15.2. The monoisotopic (exact) mass is 326 g/mol. The van der Waals surface area contributed by atoms with Crippen LogP contribution in [0.2, 0.25) is 0 Å². The van der Waals surface area contributed by atoms with Gasteiger partial charge in [-0.2, -0.15) is 0 Å². The van der Waals surface area contributed by atoms with E-state index in [9.17, 15) is 18.5 Å². The van der Waals surface area contributed by atoms with Gasteiger partial charge in [0.05, 0.1) is 10.2 Å². The summed E-state index contributed by atoms with van der Waals surface area (Å²) in [7, 11) is -3.09. The Hall–Kier alpha value is -1.74. The molecule has 0 radical (unpaired) electrons. The van der Waals surface area contributed by atoms with Crippen LogP contribution in [0.4, 0.5) is 11.5 Å². The van der Waals surface area contributed by atoms with Crippen LogP contribution in [0, 0.1) is 10.1 Å². The van der Waals surface area contributed by atoms with Crippen molar-refractivity contribution < 1.29 is 13.3 Å². The third-order valence-corrected chi connectivity index (χ3v) is 6.47. The summed E-state index contributed by atoms with van der Waals surface area (Å²) in [5, 5.41) is 13.6. The molecule has 3 rings (SSSR count). The van der Waals surface area contributed by atoms with E-state index in [1.54, 1.807) is 10.4 Å². The van der Waals surface area contributed by atoms with Crippen molar-refractivity contribution in [3.63, 3.8) is 0 Å². The standard InChI is InChI=1S/C13H18N4O4S/c18-17(19)11-1-4-13(14-9-11)15-10-5-7-16(8-6-10)22(20,21)12-2-3-12/h1,4,9-10,12H,2-3,5-8H2,(H,14,15). The van der Waals surface area contributed by atoms with Crippen LogP contribution >= 0.6 is 0 Å². The van der Waals surface area contributed by atoms with E-state index < -0.39 is 14.9 Å². The van der Waals surface area contributed by atoms with Crippen molar-refractivity contribution >= 4 is 21.5 Å². The molecular formula is C13H18N4O4S. The maximum Gasteiger partial charge on any atom is 0.287 e. The van der Waals surface area contributed by atoms with Crippen molar-refractivity contribution in [1.29, 1.82) is 0 Å². The van der Waals surface area contributed by atoms with Crippen LogP contribution in [-0.4, -0.2) is 47.0 Å². The van der Waals surface area contributed by atoms with E-state index in [1.807, 2.05) is 0 Å². The summed E-state index contributed by atoms with van der Waals surface area (Å²) in [6, 6.07) is 3.12. The van der Waals surface area contributed by atoms with Crippen LogP contribution in [0.25, 0.3) is 0 Å². The molecular weight excluding hydrogens is 308 g/mol. The largest absolute Gasteiger partial charge is 0.367 e. The second-order valence-electron chi connectivity index (χ2n) is 5.72. The maximum absolute atomic E-state index is 12.1. The highest BCUT2D eigenvalue weighted by Crippen LogP contribution is 2.32. The molecule has 1 aliphatic heterocycles.